The highest BCUT2D eigenvalue weighted by molar-refractivity contribution is 7.90. The minimum Gasteiger partial charge on any atom is -0.493 e. The number of aryl methyl sites for hydroxylation is 1. The quantitative estimate of drug-likeness (QED) is 0.774. The van der Waals surface area contributed by atoms with Crippen LogP contribution in [0.15, 0.2) is 17.0 Å². The van der Waals surface area contributed by atoms with E-state index in [0.717, 1.165) is 6.26 Å². The second kappa shape index (κ2) is 6.64. The summed E-state index contributed by atoms with van der Waals surface area (Å²) in [5.41, 5.74) is 2.17. The molecule has 0 spiro atoms. The summed E-state index contributed by atoms with van der Waals surface area (Å²) in [6.07, 6.45) is 1.71. The van der Waals surface area contributed by atoms with Gasteiger partial charge in [-0.1, -0.05) is 6.07 Å². The van der Waals surface area contributed by atoms with Gasteiger partial charge in [-0.05, 0) is 32.4 Å². The maximum Gasteiger partial charge on any atom is 0.220 e. The van der Waals surface area contributed by atoms with Gasteiger partial charge in [0.05, 0.1) is 10.6 Å². The van der Waals surface area contributed by atoms with Crippen LogP contribution in [0.5, 0.6) is 5.88 Å². The van der Waals surface area contributed by atoms with E-state index in [-0.39, 0.29) is 16.3 Å². The van der Waals surface area contributed by atoms with E-state index in [4.69, 9.17) is 0 Å². The molecule has 0 amide bonds. The average Bonchev–Trinajstić information content (AvgIpc) is 2.84. The fourth-order valence-corrected chi connectivity index (χ4v) is 3.55. The molecule has 0 unspecified atom stereocenters. The molecule has 130 valence electrons. The normalized spacial score (nSPS) is 11.5. The molecule has 0 atom stereocenters. The highest BCUT2D eigenvalue weighted by Crippen LogP contribution is 2.36. The predicted molar refractivity (Wildman–Crippen MR) is 92.4 cm³/mol. The van der Waals surface area contributed by atoms with Gasteiger partial charge in [0.1, 0.15) is 11.3 Å². The molecule has 0 saturated heterocycles. The predicted octanol–water partition coefficient (Wildman–Crippen LogP) is 2.23. The van der Waals surface area contributed by atoms with Crippen LogP contribution in [0.1, 0.15) is 29.8 Å². The molecule has 1 aromatic carbocycles. The Morgan fingerprint density at radius 3 is 2.50 bits per heavy atom. The maximum atomic E-state index is 12.0. The lowest BCUT2D eigenvalue weighted by atomic mass is 10.0. The zero-order chi connectivity index (χ0) is 18.1. The standard InChI is InChI=1S/C16H21N3O4S/c1-5-17-14-10(3)11(7-8-13(14)24(4,22)23)15-12(9-20)16(21)19(6-2)18-15/h7-9,17,21H,5-6H2,1-4H3. The zero-order valence-corrected chi connectivity index (χ0v) is 14.9. The smallest absolute Gasteiger partial charge is 0.220 e. The molecule has 0 aliphatic rings. The molecule has 0 aliphatic heterocycles. The van der Waals surface area contributed by atoms with Crippen LogP contribution < -0.4 is 5.32 Å². The molecule has 1 heterocycles. The first-order chi connectivity index (χ1) is 11.3. The number of benzene rings is 1. The van der Waals surface area contributed by atoms with E-state index in [1.807, 2.05) is 6.92 Å². The van der Waals surface area contributed by atoms with Crippen molar-refractivity contribution in [2.45, 2.75) is 32.2 Å². The Morgan fingerprint density at radius 2 is 2.00 bits per heavy atom. The first-order valence-electron chi connectivity index (χ1n) is 7.59. The van der Waals surface area contributed by atoms with Crippen LogP contribution in [-0.2, 0) is 16.4 Å². The van der Waals surface area contributed by atoms with Crippen molar-refractivity contribution < 1.29 is 18.3 Å². The first-order valence-corrected chi connectivity index (χ1v) is 9.48. The van der Waals surface area contributed by atoms with Gasteiger partial charge in [0.2, 0.25) is 5.88 Å². The summed E-state index contributed by atoms with van der Waals surface area (Å²) < 4.78 is 25.3. The number of aldehydes is 1. The van der Waals surface area contributed by atoms with Crippen molar-refractivity contribution in [2.24, 2.45) is 0 Å². The van der Waals surface area contributed by atoms with Gasteiger partial charge < -0.3 is 10.4 Å². The number of hydrogen-bond acceptors (Lipinski definition) is 6. The van der Waals surface area contributed by atoms with Crippen molar-refractivity contribution in [1.82, 2.24) is 9.78 Å². The second-order valence-electron chi connectivity index (χ2n) is 5.43. The lowest BCUT2D eigenvalue weighted by Crippen LogP contribution is -2.08. The maximum absolute atomic E-state index is 12.0. The fraction of sp³-hybridized carbons (Fsp3) is 0.375. The third kappa shape index (κ3) is 3.01. The summed E-state index contributed by atoms with van der Waals surface area (Å²) in [7, 11) is -3.41. The Labute approximate surface area is 141 Å². The number of carbonyl (C=O) groups excluding carboxylic acids is 1. The Balaban J connectivity index is 2.78. The number of nitrogens with zero attached hydrogens (tertiary/aromatic N) is 2. The van der Waals surface area contributed by atoms with Crippen molar-refractivity contribution in [2.75, 3.05) is 18.1 Å². The van der Waals surface area contributed by atoms with Crippen LogP contribution in [0.2, 0.25) is 0 Å². The summed E-state index contributed by atoms with van der Waals surface area (Å²) in [4.78, 5) is 11.6. The Bertz CT molecular complexity index is 885. The van der Waals surface area contributed by atoms with Gasteiger partial charge in [-0.25, -0.2) is 13.1 Å². The van der Waals surface area contributed by atoms with Crippen LogP contribution >= 0.6 is 0 Å². The van der Waals surface area contributed by atoms with Crippen molar-refractivity contribution >= 4 is 21.8 Å². The molecule has 2 N–H and O–H groups in total. The lowest BCUT2D eigenvalue weighted by molar-refractivity contribution is 0.112. The highest BCUT2D eigenvalue weighted by atomic mass is 32.2. The van der Waals surface area contributed by atoms with E-state index in [0.29, 0.717) is 41.9 Å². The first kappa shape index (κ1) is 18.0. The van der Waals surface area contributed by atoms with E-state index in [2.05, 4.69) is 10.4 Å². The number of carbonyl (C=O) groups is 1. The minimum atomic E-state index is -3.41. The molecule has 0 saturated carbocycles. The number of rotatable bonds is 6. The largest absolute Gasteiger partial charge is 0.493 e. The second-order valence-corrected chi connectivity index (χ2v) is 7.42. The SMILES string of the molecule is CCNc1c(S(C)(=O)=O)ccc(-c2nn(CC)c(O)c2C=O)c1C. The number of anilines is 1. The monoisotopic (exact) mass is 351 g/mol. The summed E-state index contributed by atoms with van der Waals surface area (Å²) in [6, 6.07) is 3.10. The Hall–Kier alpha value is -2.35. The highest BCUT2D eigenvalue weighted by Gasteiger charge is 2.23. The van der Waals surface area contributed by atoms with E-state index in [1.165, 1.54) is 10.7 Å². The van der Waals surface area contributed by atoms with Crippen LogP contribution in [-0.4, -0.2) is 42.4 Å². The van der Waals surface area contributed by atoms with Gasteiger partial charge in [-0.15, -0.1) is 0 Å². The topological polar surface area (TPSA) is 101 Å². The third-order valence-corrected chi connectivity index (χ3v) is 4.95. The van der Waals surface area contributed by atoms with Crippen LogP contribution in [0.4, 0.5) is 5.69 Å². The molecule has 0 aliphatic carbocycles. The Morgan fingerprint density at radius 1 is 1.33 bits per heavy atom. The minimum absolute atomic E-state index is 0.0921. The van der Waals surface area contributed by atoms with Crippen LogP contribution in [0.3, 0.4) is 0 Å². The van der Waals surface area contributed by atoms with E-state index in [1.54, 1.807) is 19.9 Å². The number of aromatic hydroxyl groups is 1. The molecule has 0 fully saturated rings. The number of hydrogen-bond donors (Lipinski definition) is 2. The fourth-order valence-electron chi connectivity index (χ4n) is 2.64. The van der Waals surface area contributed by atoms with Crippen molar-refractivity contribution in [1.29, 1.82) is 0 Å². The number of aromatic nitrogens is 2. The van der Waals surface area contributed by atoms with E-state index in [9.17, 15) is 18.3 Å². The number of nitrogens with one attached hydrogen (secondary N) is 1. The molecule has 7 nitrogen and oxygen atoms in total. The number of sulfone groups is 1. The van der Waals surface area contributed by atoms with Gasteiger partial charge in [-0.3, -0.25) is 4.79 Å². The van der Waals surface area contributed by atoms with Gasteiger partial charge in [0.15, 0.2) is 16.1 Å². The van der Waals surface area contributed by atoms with Gasteiger partial charge in [-0.2, -0.15) is 5.10 Å². The van der Waals surface area contributed by atoms with Crippen LogP contribution in [0, 0.1) is 6.92 Å². The summed E-state index contributed by atoms with van der Waals surface area (Å²) in [5.74, 6) is -0.195. The summed E-state index contributed by atoms with van der Waals surface area (Å²) in [6.45, 7) is 6.38. The summed E-state index contributed by atoms with van der Waals surface area (Å²) >= 11 is 0. The third-order valence-electron chi connectivity index (χ3n) is 3.81. The average molecular weight is 351 g/mol. The summed E-state index contributed by atoms with van der Waals surface area (Å²) in [5, 5.41) is 17.4. The van der Waals surface area contributed by atoms with Crippen molar-refractivity contribution in [3.05, 3.63) is 23.3 Å². The van der Waals surface area contributed by atoms with E-state index < -0.39 is 9.84 Å². The molecule has 1 aromatic heterocycles. The molecule has 2 aromatic rings. The van der Waals surface area contributed by atoms with Crippen LogP contribution in [0.25, 0.3) is 11.3 Å². The lowest BCUT2D eigenvalue weighted by Gasteiger charge is -2.15. The molecule has 0 bridgehead atoms. The van der Waals surface area contributed by atoms with E-state index >= 15 is 0 Å². The van der Waals surface area contributed by atoms with Gasteiger partial charge in [0.25, 0.3) is 0 Å². The Kier molecular flexibility index (Phi) is 4.98. The van der Waals surface area contributed by atoms with Crippen molar-refractivity contribution in [3.63, 3.8) is 0 Å². The van der Waals surface area contributed by atoms with Gasteiger partial charge >= 0.3 is 0 Å². The molecule has 2 rings (SSSR count). The molecule has 0 radical (unpaired) electrons. The molecular weight excluding hydrogens is 330 g/mol. The molecule has 8 heteroatoms. The molecule has 24 heavy (non-hydrogen) atoms. The van der Waals surface area contributed by atoms with Gasteiger partial charge in [0, 0.05) is 24.9 Å². The zero-order valence-electron chi connectivity index (χ0n) is 14.1. The van der Waals surface area contributed by atoms with Crippen molar-refractivity contribution in [3.8, 4) is 17.1 Å². The molecular formula is C16H21N3O4S.